The van der Waals surface area contributed by atoms with E-state index < -0.39 is 23.8 Å². The number of hydrogen-bond acceptors (Lipinski definition) is 4. The third kappa shape index (κ3) is 4.23. The highest BCUT2D eigenvalue weighted by Gasteiger charge is 2.30. The summed E-state index contributed by atoms with van der Waals surface area (Å²) in [5.74, 6) is -0.436. The lowest BCUT2D eigenvalue weighted by Crippen LogP contribution is -2.29. The molecule has 24 heavy (non-hydrogen) atoms. The predicted octanol–water partition coefficient (Wildman–Crippen LogP) is 2.57. The van der Waals surface area contributed by atoms with Crippen LogP contribution in [0.1, 0.15) is 27.6 Å². The van der Waals surface area contributed by atoms with Gasteiger partial charge in [0.2, 0.25) is 5.88 Å². The van der Waals surface area contributed by atoms with Crippen molar-refractivity contribution in [3.63, 3.8) is 0 Å². The van der Waals surface area contributed by atoms with Crippen molar-refractivity contribution in [1.29, 1.82) is 0 Å². The molecule has 0 aliphatic heterocycles. The number of aromatic nitrogens is 1. The molecule has 1 atom stereocenters. The van der Waals surface area contributed by atoms with Crippen LogP contribution < -0.4 is 10.1 Å². The summed E-state index contributed by atoms with van der Waals surface area (Å²) in [4.78, 5) is 15.9. The molecule has 0 aliphatic carbocycles. The van der Waals surface area contributed by atoms with Gasteiger partial charge in [0, 0.05) is 12.7 Å². The molecule has 0 aliphatic rings. The fraction of sp³-hybridized carbons (Fsp3) is 0.250. The predicted molar refractivity (Wildman–Crippen MR) is 79.5 cm³/mol. The summed E-state index contributed by atoms with van der Waals surface area (Å²) < 4.78 is 43.0. The van der Waals surface area contributed by atoms with Crippen molar-refractivity contribution in [3.05, 3.63) is 59.3 Å². The SMILES string of the molecule is COc1ncccc1C(=O)NC[C@H](O)c1cccc(C(F)(F)F)c1. The molecule has 2 aromatic rings. The first-order valence-electron chi connectivity index (χ1n) is 6.95. The second kappa shape index (κ2) is 7.31. The van der Waals surface area contributed by atoms with Crippen molar-refractivity contribution in [2.24, 2.45) is 0 Å². The number of halogens is 3. The third-order valence-corrected chi connectivity index (χ3v) is 3.26. The van der Waals surface area contributed by atoms with E-state index in [2.05, 4.69) is 10.3 Å². The second-order valence-corrected chi connectivity index (χ2v) is 4.91. The monoisotopic (exact) mass is 340 g/mol. The third-order valence-electron chi connectivity index (χ3n) is 3.26. The van der Waals surface area contributed by atoms with Crippen molar-refractivity contribution in [2.45, 2.75) is 12.3 Å². The van der Waals surface area contributed by atoms with Crippen LogP contribution in [-0.2, 0) is 6.18 Å². The zero-order chi connectivity index (χ0) is 17.7. The maximum absolute atomic E-state index is 12.7. The molecule has 0 fully saturated rings. The van der Waals surface area contributed by atoms with Crippen molar-refractivity contribution >= 4 is 5.91 Å². The highest BCUT2D eigenvalue weighted by Crippen LogP contribution is 2.30. The maximum Gasteiger partial charge on any atom is 0.416 e. The lowest BCUT2D eigenvalue weighted by Gasteiger charge is -2.15. The summed E-state index contributed by atoms with van der Waals surface area (Å²) >= 11 is 0. The molecule has 2 N–H and O–H groups in total. The van der Waals surface area contributed by atoms with Crippen LogP contribution in [0.15, 0.2) is 42.6 Å². The summed E-state index contributed by atoms with van der Waals surface area (Å²) in [7, 11) is 1.36. The zero-order valence-corrected chi connectivity index (χ0v) is 12.7. The number of nitrogens with zero attached hydrogens (tertiary/aromatic N) is 1. The molecule has 0 spiro atoms. The van der Waals surface area contributed by atoms with Gasteiger partial charge in [-0.1, -0.05) is 12.1 Å². The molecule has 5 nitrogen and oxygen atoms in total. The van der Waals surface area contributed by atoms with Gasteiger partial charge in [0.05, 0.1) is 18.8 Å². The fourth-order valence-corrected chi connectivity index (χ4v) is 2.05. The number of aliphatic hydroxyl groups is 1. The average molecular weight is 340 g/mol. The minimum Gasteiger partial charge on any atom is -0.480 e. The largest absolute Gasteiger partial charge is 0.480 e. The number of pyridine rings is 1. The number of aliphatic hydroxyl groups excluding tert-OH is 1. The first-order valence-corrected chi connectivity index (χ1v) is 6.95. The molecule has 0 bridgehead atoms. The van der Waals surface area contributed by atoms with Crippen LogP contribution in [0.5, 0.6) is 5.88 Å². The molecule has 0 radical (unpaired) electrons. The minimum atomic E-state index is -4.50. The van der Waals surface area contributed by atoms with E-state index in [0.717, 1.165) is 12.1 Å². The number of nitrogens with one attached hydrogen (secondary N) is 1. The van der Waals surface area contributed by atoms with Gasteiger partial charge in [-0.2, -0.15) is 13.2 Å². The molecule has 128 valence electrons. The van der Waals surface area contributed by atoms with Gasteiger partial charge in [0.15, 0.2) is 0 Å². The van der Waals surface area contributed by atoms with Gasteiger partial charge in [0.25, 0.3) is 5.91 Å². The van der Waals surface area contributed by atoms with Crippen LogP contribution in [0.2, 0.25) is 0 Å². The van der Waals surface area contributed by atoms with Gasteiger partial charge in [-0.05, 0) is 29.8 Å². The summed E-state index contributed by atoms with van der Waals surface area (Å²) in [6.07, 6.45) is -4.33. The van der Waals surface area contributed by atoms with Crippen LogP contribution in [0, 0.1) is 0 Å². The summed E-state index contributed by atoms with van der Waals surface area (Å²) in [6.45, 7) is -0.252. The molecular formula is C16H15F3N2O3. The molecule has 0 unspecified atom stereocenters. The van der Waals surface area contributed by atoms with E-state index in [1.165, 1.54) is 31.5 Å². The molecule has 1 aromatic heterocycles. The van der Waals surface area contributed by atoms with Crippen molar-refractivity contribution < 1.29 is 27.8 Å². The smallest absolute Gasteiger partial charge is 0.416 e. The van der Waals surface area contributed by atoms with Crippen LogP contribution in [0.4, 0.5) is 13.2 Å². The van der Waals surface area contributed by atoms with Crippen molar-refractivity contribution in [3.8, 4) is 5.88 Å². The van der Waals surface area contributed by atoms with E-state index in [9.17, 15) is 23.1 Å². The van der Waals surface area contributed by atoms with Crippen molar-refractivity contribution in [2.75, 3.05) is 13.7 Å². The number of hydrogen-bond donors (Lipinski definition) is 2. The summed E-state index contributed by atoms with van der Waals surface area (Å²) in [5.41, 5.74) is -0.640. The van der Waals surface area contributed by atoms with E-state index in [0.29, 0.717) is 0 Å². The number of methoxy groups -OCH3 is 1. The van der Waals surface area contributed by atoms with Crippen LogP contribution in [0.25, 0.3) is 0 Å². The lowest BCUT2D eigenvalue weighted by atomic mass is 10.1. The first kappa shape index (κ1) is 17.7. The first-order chi connectivity index (χ1) is 11.3. The zero-order valence-electron chi connectivity index (χ0n) is 12.7. The number of rotatable bonds is 5. The maximum atomic E-state index is 12.7. The molecule has 2 rings (SSSR count). The quantitative estimate of drug-likeness (QED) is 0.878. The Labute approximate surface area is 136 Å². The Morgan fingerprint density at radius 1 is 1.33 bits per heavy atom. The Hall–Kier alpha value is -2.61. The molecule has 0 saturated heterocycles. The number of amides is 1. The van der Waals surface area contributed by atoms with E-state index >= 15 is 0 Å². The molecule has 1 aromatic carbocycles. The average Bonchev–Trinajstić information content (AvgIpc) is 2.58. The Morgan fingerprint density at radius 3 is 2.75 bits per heavy atom. The van der Waals surface area contributed by atoms with E-state index in [-0.39, 0.29) is 23.6 Å². The number of alkyl halides is 3. The van der Waals surface area contributed by atoms with E-state index in [1.807, 2.05) is 0 Å². The van der Waals surface area contributed by atoms with Gasteiger partial charge >= 0.3 is 6.18 Å². The Balaban J connectivity index is 2.05. The van der Waals surface area contributed by atoms with Crippen LogP contribution >= 0.6 is 0 Å². The molecule has 0 saturated carbocycles. The molecule has 8 heteroatoms. The van der Waals surface area contributed by atoms with E-state index in [4.69, 9.17) is 4.74 Å². The summed E-state index contributed by atoms with van der Waals surface area (Å²) in [5, 5.41) is 12.4. The number of carbonyl (C=O) groups is 1. The normalized spacial score (nSPS) is 12.5. The second-order valence-electron chi connectivity index (χ2n) is 4.91. The topological polar surface area (TPSA) is 71.5 Å². The molecular weight excluding hydrogens is 325 g/mol. The number of ether oxygens (including phenoxy) is 1. The fourth-order valence-electron chi connectivity index (χ4n) is 2.05. The molecule has 1 amide bonds. The van der Waals surface area contributed by atoms with Crippen LogP contribution in [-0.4, -0.2) is 29.7 Å². The summed E-state index contributed by atoms with van der Waals surface area (Å²) in [6, 6.07) is 7.35. The number of benzene rings is 1. The van der Waals surface area contributed by atoms with Crippen molar-refractivity contribution in [1.82, 2.24) is 10.3 Å². The Kier molecular flexibility index (Phi) is 5.40. The number of carbonyl (C=O) groups excluding carboxylic acids is 1. The van der Waals surface area contributed by atoms with Gasteiger partial charge in [-0.15, -0.1) is 0 Å². The Morgan fingerprint density at radius 2 is 2.08 bits per heavy atom. The Bertz CT molecular complexity index is 720. The highest BCUT2D eigenvalue weighted by molar-refractivity contribution is 5.96. The van der Waals surface area contributed by atoms with E-state index in [1.54, 1.807) is 6.07 Å². The van der Waals surface area contributed by atoms with Gasteiger partial charge in [-0.25, -0.2) is 4.98 Å². The highest BCUT2D eigenvalue weighted by atomic mass is 19.4. The van der Waals surface area contributed by atoms with Gasteiger partial charge < -0.3 is 15.2 Å². The van der Waals surface area contributed by atoms with Crippen LogP contribution in [0.3, 0.4) is 0 Å². The van der Waals surface area contributed by atoms with Gasteiger partial charge in [0.1, 0.15) is 5.56 Å². The van der Waals surface area contributed by atoms with Gasteiger partial charge in [-0.3, -0.25) is 4.79 Å². The molecule has 1 heterocycles. The standard InChI is InChI=1S/C16H15F3N2O3/c1-24-15-12(6-3-7-20-15)14(23)21-9-13(22)10-4-2-5-11(8-10)16(17,18)19/h2-8,13,22H,9H2,1H3,(H,21,23)/t13-/m0/s1. The lowest BCUT2D eigenvalue weighted by molar-refractivity contribution is -0.137. The minimum absolute atomic E-state index is 0.0586.